The predicted octanol–water partition coefficient (Wildman–Crippen LogP) is 2.51. The molecule has 4 nitrogen and oxygen atoms in total. The second-order valence-corrected chi connectivity index (χ2v) is 5.57. The van der Waals surface area contributed by atoms with Crippen molar-refractivity contribution in [1.82, 2.24) is 4.90 Å². The SMILES string of the molecule is COC(C)(C)/C(=C/C(=O)c1ccccc1)N1CCOCC1. The van der Waals surface area contributed by atoms with Crippen LogP contribution in [0.2, 0.25) is 0 Å². The third-order valence-electron chi connectivity index (χ3n) is 3.81. The monoisotopic (exact) mass is 289 g/mol. The van der Waals surface area contributed by atoms with Crippen LogP contribution in [0.15, 0.2) is 42.1 Å². The van der Waals surface area contributed by atoms with Gasteiger partial charge in [0.05, 0.1) is 13.2 Å². The molecule has 1 fully saturated rings. The van der Waals surface area contributed by atoms with Crippen molar-refractivity contribution in [2.75, 3.05) is 33.4 Å². The number of carbonyl (C=O) groups excluding carboxylic acids is 1. The molecule has 0 N–H and O–H groups in total. The van der Waals surface area contributed by atoms with Gasteiger partial charge >= 0.3 is 0 Å². The Labute approximate surface area is 126 Å². The highest BCUT2D eigenvalue weighted by Gasteiger charge is 2.29. The summed E-state index contributed by atoms with van der Waals surface area (Å²) >= 11 is 0. The number of morpholine rings is 1. The molecular weight excluding hydrogens is 266 g/mol. The van der Waals surface area contributed by atoms with Crippen molar-refractivity contribution in [2.45, 2.75) is 19.4 Å². The first-order valence-electron chi connectivity index (χ1n) is 7.24. The zero-order chi connectivity index (χ0) is 15.3. The molecule has 1 saturated heterocycles. The van der Waals surface area contributed by atoms with Crippen LogP contribution in [-0.4, -0.2) is 49.7 Å². The van der Waals surface area contributed by atoms with Crippen LogP contribution in [0.5, 0.6) is 0 Å². The molecule has 0 saturated carbocycles. The van der Waals surface area contributed by atoms with Crippen molar-refractivity contribution in [3.8, 4) is 0 Å². The normalized spacial score (nSPS) is 16.9. The average Bonchev–Trinajstić information content (AvgIpc) is 2.54. The number of hydrogen-bond donors (Lipinski definition) is 0. The second kappa shape index (κ2) is 6.87. The quantitative estimate of drug-likeness (QED) is 0.617. The van der Waals surface area contributed by atoms with Gasteiger partial charge in [0.15, 0.2) is 5.78 Å². The maximum atomic E-state index is 12.5. The topological polar surface area (TPSA) is 38.8 Å². The lowest BCUT2D eigenvalue weighted by atomic mass is 9.99. The fourth-order valence-electron chi connectivity index (χ4n) is 2.36. The molecule has 1 heterocycles. The molecule has 0 aromatic heterocycles. The molecule has 1 aliphatic heterocycles. The Morgan fingerprint density at radius 3 is 2.43 bits per heavy atom. The molecule has 0 spiro atoms. The minimum atomic E-state index is -0.512. The molecule has 1 aliphatic rings. The summed E-state index contributed by atoms with van der Waals surface area (Å²) in [6.45, 7) is 6.87. The number of carbonyl (C=O) groups is 1. The second-order valence-electron chi connectivity index (χ2n) is 5.57. The molecule has 21 heavy (non-hydrogen) atoms. The van der Waals surface area contributed by atoms with E-state index in [0.29, 0.717) is 18.8 Å². The van der Waals surface area contributed by atoms with Gasteiger partial charge in [0.2, 0.25) is 0 Å². The first-order valence-corrected chi connectivity index (χ1v) is 7.24. The van der Waals surface area contributed by atoms with E-state index in [1.54, 1.807) is 13.2 Å². The van der Waals surface area contributed by atoms with E-state index in [-0.39, 0.29) is 5.78 Å². The van der Waals surface area contributed by atoms with E-state index in [4.69, 9.17) is 9.47 Å². The van der Waals surface area contributed by atoms with E-state index >= 15 is 0 Å². The molecule has 1 aromatic rings. The third-order valence-corrected chi connectivity index (χ3v) is 3.81. The molecule has 114 valence electrons. The van der Waals surface area contributed by atoms with Crippen molar-refractivity contribution in [1.29, 1.82) is 0 Å². The van der Waals surface area contributed by atoms with Gasteiger partial charge in [0.25, 0.3) is 0 Å². The number of ether oxygens (including phenoxy) is 2. The number of rotatable bonds is 5. The summed E-state index contributed by atoms with van der Waals surface area (Å²) in [4.78, 5) is 14.6. The summed E-state index contributed by atoms with van der Waals surface area (Å²) < 4.78 is 11.0. The first kappa shape index (κ1) is 15.7. The van der Waals surface area contributed by atoms with Gasteiger partial charge < -0.3 is 14.4 Å². The highest BCUT2D eigenvalue weighted by atomic mass is 16.5. The Hall–Kier alpha value is -1.65. The Balaban J connectivity index is 2.30. The number of hydrogen-bond acceptors (Lipinski definition) is 4. The predicted molar refractivity (Wildman–Crippen MR) is 82.3 cm³/mol. The summed E-state index contributed by atoms with van der Waals surface area (Å²) in [7, 11) is 1.67. The fraction of sp³-hybridized carbons (Fsp3) is 0.471. The van der Waals surface area contributed by atoms with Crippen LogP contribution in [0.3, 0.4) is 0 Å². The van der Waals surface area contributed by atoms with E-state index in [9.17, 15) is 4.79 Å². The average molecular weight is 289 g/mol. The molecule has 0 atom stereocenters. The van der Waals surface area contributed by atoms with Gasteiger partial charge in [-0.2, -0.15) is 0 Å². The Bertz CT molecular complexity index is 502. The molecule has 1 aromatic carbocycles. The highest BCUT2D eigenvalue weighted by molar-refractivity contribution is 6.04. The van der Waals surface area contributed by atoms with Crippen LogP contribution in [0, 0.1) is 0 Å². The van der Waals surface area contributed by atoms with Crippen LogP contribution in [0.1, 0.15) is 24.2 Å². The Kier molecular flexibility index (Phi) is 5.15. The van der Waals surface area contributed by atoms with Gasteiger partial charge in [-0.25, -0.2) is 0 Å². The van der Waals surface area contributed by atoms with Crippen LogP contribution in [0.4, 0.5) is 0 Å². The molecular formula is C17H23NO3. The lowest BCUT2D eigenvalue weighted by Gasteiger charge is -2.38. The molecule has 0 bridgehead atoms. The number of nitrogens with zero attached hydrogens (tertiary/aromatic N) is 1. The van der Waals surface area contributed by atoms with Crippen molar-refractivity contribution >= 4 is 5.78 Å². The molecule has 0 aliphatic carbocycles. The van der Waals surface area contributed by atoms with E-state index < -0.39 is 5.60 Å². The van der Waals surface area contributed by atoms with Gasteiger partial charge in [0.1, 0.15) is 5.60 Å². The molecule has 4 heteroatoms. The van der Waals surface area contributed by atoms with Crippen molar-refractivity contribution < 1.29 is 14.3 Å². The van der Waals surface area contributed by atoms with Crippen LogP contribution in [-0.2, 0) is 9.47 Å². The zero-order valence-corrected chi connectivity index (χ0v) is 13.0. The van der Waals surface area contributed by atoms with Crippen molar-refractivity contribution in [2.24, 2.45) is 0 Å². The molecule has 0 radical (unpaired) electrons. The zero-order valence-electron chi connectivity index (χ0n) is 13.0. The van der Waals surface area contributed by atoms with Gasteiger partial charge in [-0.05, 0) is 13.8 Å². The molecule has 0 amide bonds. The highest BCUT2D eigenvalue weighted by Crippen LogP contribution is 2.25. The largest absolute Gasteiger partial charge is 0.378 e. The molecule has 2 rings (SSSR count). The van der Waals surface area contributed by atoms with Crippen LogP contribution >= 0.6 is 0 Å². The van der Waals surface area contributed by atoms with Crippen LogP contribution < -0.4 is 0 Å². The van der Waals surface area contributed by atoms with Gasteiger partial charge in [-0.3, -0.25) is 4.79 Å². The van der Waals surface area contributed by atoms with E-state index in [0.717, 1.165) is 18.8 Å². The van der Waals surface area contributed by atoms with Crippen molar-refractivity contribution in [3.05, 3.63) is 47.7 Å². The first-order chi connectivity index (χ1) is 10.0. The Morgan fingerprint density at radius 2 is 1.86 bits per heavy atom. The van der Waals surface area contributed by atoms with E-state index in [1.165, 1.54) is 0 Å². The van der Waals surface area contributed by atoms with E-state index in [1.807, 2.05) is 44.2 Å². The summed E-state index contributed by atoms with van der Waals surface area (Å²) in [6, 6.07) is 9.31. The molecule has 0 unspecified atom stereocenters. The van der Waals surface area contributed by atoms with Gasteiger partial charge in [-0.1, -0.05) is 30.3 Å². The van der Waals surface area contributed by atoms with Crippen LogP contribution in [0.25, 0.3) is 0 Å². The van der Waals surface area contributed by atoms with Crippen molar-refractivity contribution in [3.63, 3.8) is 0 Å². The van der Waals surface area contributed by atoms with E-state index in [2.05, 4.69) is 4.90 Å². The maximum Gasteiger partial charge on any atom is 0.187 e. The van der Waals surface area contributed by atoms with Gasteiger partial charge in [-0.15, -0.1) is 0 Å². The summed E-state index contributed by atoms with van der Waals surface area (Å²) in [5, 5.41) is 0. The minimum absolute atomic E-state index is 0.00205. The summed E-state index contributed by atoms with van der Waals surface area (Å²) in [6.07, 6.45) is 1.70. The Morgan fingerprint density at radius 1 is 1.24 bits per heavy atom. The summed E-state index contributed by atoms with van der Waals surface area (Å²) in [5.74, 6) is 0.00205. The van der Waals surface area contributed by atoms with Gasteiger partial charge in [0, 0.05) is 37.5 Å². The maximum absolute atomic E-state index is 12.5. The standard InChI is InChI=1S/C17H23NO3/c1-17(2,20-3)16(18-9-11-21-12-10-18)13-15(19)14-7-5-4-6-8-14/h4-8,13H,9-12H2,1-3H3/b16-13-. The minimum Gasteiger partial charge on any atom is -0.378 e. The number of allylic oxidation sites excluding steroid dienone is 1. The summed E-state index contributed by atoms with van der Waals surface area (Å²) in [5.41, 5.74) is 1.08. The number of ketones is 1. The lowest BCUT2D eigenvalue weighted by molar-refractivity contribution is -0.00182. The fourth-order valence-corrected chi connectivity index (χ4v) is 2.36. The third kappa shape index (κ3) is 3.93. The number of benzene rings is 1. The smallest absolute Gasteiger partial charge is 0.187 e. The number of methoxy groups -OCH3 is 1. The lowest BCUT2D eigenvalue weighted by Crippen LogP contribution is -2.43.